The van der Waals surface area contributed by atoms with Crippen molar-refractivity contribution in [1.29, 1.82) is 0 Å². The maximum Gasteiger partial charge on any atom is 0.324 e. The lowest BCUT2D eigenvalue weighted by molar-refractivity contribution is -0.142. The van der Waals surface area contributed by atoms with E-state index in [1.807, 2.05) is 0 Å². The van der Waals surface area contributed by atoms with Crippen molar-refractivity contribution >= 4 is 27.6 Å². The van der Waals surface area contributed by atoms with Gasteiger partial charge in [-0.3, -0.25) is 9.59 Å². The van der Waals surface area contributed by atoms with E-state index < -0.39 is 21.5 Å². The molecular weight excluding hydrogens is 344 g/mol. The van der Waals surface area contributed by atoms with Crippen molar-refractivity contribution in [2.75, 3.05) is 5.32 Å². The second-order valence-electron chi connectivity index (χ2n) is 5.88. The Balaban J connectivity index is 2.14. The van der Waals surface area contributed by atoms with Crippen LogP contribution in [0.5, 0.6) is 0 Å². The number of anilines is 1. The van der Waals surface area contributed by atoms with E-state index in [4.69, 9.17) is 5.11 Å². The molecule has 0 spiro atoms. The number of hydrogen-bond acceptors (Lipinski definition) is 4. The smallest absolute Gasteiger partial charge is 0.324 e. The van der Waals surface area contributed by atoms with Crippen LogP contribution in [0, 0.1) is 0 Å². The van der Waals surface area contributed by atoms with Crippen LogP contribution in [0.4, 0.5) is 5.69 Å². The number of carboxylic acid groups (broad SMARTS) is 1. The maximum atomic E-state index is 12.2. The molecule has 132 valence electrons. The minimum absolute atomic E-state index is 0.0977. The molecule has 0 saturated carbocycles. The van der Waals surface area contributed by atoms with Crippen molar-refractivity contribution in [2.45, 2.75) is 24.3 Å². The number of aliphatic carboxylic acids is 1. The molecule has 0 aromatic heterocycles. The van der Waals surface area contributed by atoms with Crippen LogP contribution in [-0.4, -0.2) is 30.9 Å². The molecule has 2 aromatic carbocycles. The summed E-state index contributed by atoms with van der Waals surface area (Å²) < 4.78 is 26.6. The number of rotatable bonds is 6. The molecule has 0 atom stereocenters. The lowest BCUT2D eigenvalue weighted by Gasteiger charge is -2.20. The molecule has 0 radical (unpaired) electrons. The maximum absolute atomic E-state index is 12.2. The molecule has 0 fully saturated rings. The second kappa shape index (κ2) is 7.04. The molecule has 25 heavy (non-hydrogen) atoms. The van der Waals surface area contributed by atoms with Crippen LogP contribution in [0.15, 0.2) is 59.5 Å². The third kappa shape index (κ3) is 4.65. The Kier molecular flexibility index (Phi) is 5.24. The minimum atomic E-state index is -4.00. The van der Waals surface area contributed by atoms with E-state index in [1.165, 1.54) is 38.1 Å². The zero-order valence-electron chi connectivity index (χ0n) is 13.7. The molecule has 8 heteroatoms. The summed E-state index contributed by atoms with van der Waals surface area (Å²) in [4.78, 5) is 23.0. The summed E-state index contributed by atoms with van der Waals surface area (Å²) in [6.45, 7) is 2.50. The molecule has 0 aliphatic heterocycles. The molecule has 7 nitrogen and oxygen atoms in total. The van der Waals surface area contributed by atoms with Gasteiger partial charge in [-0.15, -0.1) is 0 Å². The van der Waals surface area contributed by atoms with E-state index in [0.29, 0.717) is 11.3 Å². The van der Waals surface area contributed by atoms with Crippen molar-refractivity contribution in [3.63, 3.8) is 0 Å². The van der Waals surface area contributed by atoms with Crippen LogP contribution in [0.3, 0.4) is 0 Å². The Bertz CT molecular complexity index is 875. The third-order valence-electron chi connectivity index (χ3n) is 3.38. The SMILES string of the molecule is CC(C)(NS(=O)(=O)c1ccc(NC(=O)c2ccccc2)cc1)C(=O)O. The zero-order valence-corrected chi connectivity index (χ0v) is 14.5. The molecule has 0 saturated heterocycles. The summed E-state index contributed by atoms with van der Waals surface area (Å²) in [5.41, 5.74) is -0.742. The highest BCUT2D eigenvalue weighted by Crippen LogP contribution is 2.17. The van der Waals surface area contributed by atoms with Crippen molar-refractivity contribution in [3.8, 4) is 0 Å². The fourth-order valence-electron chi connectivity index (χ4n) is 1.95. The van der Waals surface area contributed by atoms with Gasteiger partial charge < -0.3 is 10.4 Å². The van der Waals surface area contributed by atoms with Crippen LogP contribution < -0.4 is 10.0 Å². The van der Waals surface area contributed by atoms with Gasteiger partial charge in [0.2, 0.25) is 10.0 Å². The monoisotopic (exact) mass is 362 g/mol. The van der Waals surface area contributed by atoms with Crippen LogP contribution >= 0.6 is 0 Å². The van der Waals surface area contributed by atoms with Gasteiger partial charge >= 0.3 is 5.97 Å². The number of hydrogen-bond donors (Lipinski definition) is 3. The van der Waals surface area contributed by atoms with Gasteiger partial charge in [-0.1, -0.05) is 18.2 Å². The Labute approximate surface area is 145 Å². The summed E-state index contributed by atoms with van der Waals surface area (Å²) >= 11 is 0. The van der Waals surface area contributed by atoms with E-state index in [2.05, 4.69) is 10.0 Å². The first-order chi connectivity index (χ1) is 11.6. The van der Waals surface area contributed by atoms with Crippen LogP contribution in [-0.2, 0) is 14.8 Å². The third-order valence-corrected chi connectivity index (χ3v) is 5.05. The molecule has 0 bridgehead atoms. The molecule has 1 amide bonds. The predicted molar refractivity (Wildman–Crippen MR) is 92.9 cm³/mol. The Hall–Kier alpha value is -2.71. The van der Waals surface area contributed by atoms with Gasteiger partial charge in [-0.25, -0.2) is 8.42 Å². The summed E-state index contributed by atoms with van der Waals surface area (Å²) in [6, 6.07) is 14.0. The van der Waals surface area contributed by atoms with Crippen LogP contribution in [0.1, 0.15) is 24.2 Å². The first kappa shape index (κ1) is 18.6. The van der Waals surface area contributed by atoms with Gasteiger partial charge in [0.15, 0.2) is 0 Å². The van der Waals surface area contributed by atoms with E-state index in [1.54, 1.807) is 30.3 Å². The zero-order chi connectivity index (χ0) is 18.7. The van der Waals surface area contributed by atoms with Crippen molar-refractivity contribution in [3.05, 3.63) is 60.2 Å². The average molecular weight is 362 g/mol. The van der Waals surface area contributed by atoms with Crippen molar-refractivity contribution < 1.29 is 23.1 Å². The molecule has 0 heterocycles. The van der Waals surface area contributed by atoms with E-state index in [9.17, 15) is 18.0 Å². The van der Waals surface area contributed by atoms with Gasteiger partial charge in [-0.05, 0) is 50.2 Å². The molecule has 0 aliphatic rings. The van der Waals surface area contributed by atoms with Gasteiger partial charge in [0.05, 0.1) is 4.90 Å². The van der Waals surface area contributed by atoms with E-state index in [0.717, 1.165) is 0 Å². The first-order valence-corrected chi connectivity index (χ1v) is 8.84. The van der Waals surface area contributed by atoms with Crippen molar-refractivity contribution in [2.24, 2.45) is 0 Å². The Morgan fingerprint density at radius 2 is 1.52 bits per heavy atom. The van der Waals surface area contributed by atoms with Gasteiger partial charge in [0.1, 0.15) is 5.54 Å². The average Bonchev–Trinajstić information content (AvgIpc) is 2.55. The fraction of sp³-hybridized carbons (Fsp3) is 0.176. The number of nitrogens with one attached hydrogen (secondary N) is 2. The molecule has 2 rings (SSSR count). The number of sulfonamides is 1. The number of benzene rings is 2. The van der Waals surface area contributed by atoms with Gasteiger partial charge in [-0.2, -0.15) is 4.72 Å². The Morgan fingerprint density at radius 1 is 0.960 bits per heavy atom. The largest absolute Gasteiger partial charge is 0.480 e. The summed E-state index contributed by atoms with van der Waals surface area (Å²) in [5, 5.41) is 11.7. The highest BCUT2D eigenvalue weighted by molar-refractivity contribution is 7.89. The molecule has 2 aromatic rings. The second-order valence-corrected chi connectivity index (χ2v) is 7.56. The number of carbonyl (C=O) groups is 2. The number of amides is 1. The summed E-state index contributed by atoms with van der Waals surface area (Å²) in [7, 11) is -4.00. The first-order valence-electron chi connectivity index (χ1n) is 7.36. The predicted octanol–water partition coefficient (Wildman–Crippen LogP) is 2.08. The van der Waals surface area contributed by atoms with Gasteiger partial charge in [0, 0.05) is 11.3 Å². The number of carboxylic acids is 1. The lowest BCUT2D eigenvalue weighted by atomic mass is 10.1. The van der Waals surface area contributed by atoms with Crippen LogP contribution in [0.25, 0.3) is 0 Å². The Morgan fingerprint density at radius 3 is 2.04 bits per heavy atom. The quantitative estimate of drug-likeness (QED) is 0.728. The van der Waals surface area contributed by atoms with Crippen LogP contribution in [0.2, 0.25) is 0 Å². The molecule has 0 unspecified atom stereocenters. The number of carbonyl (C=O) groups excluding carboxylic acids is 1. The topological polar surface area (TPSA) is 113 Å². The van der Waals surface area contributed by atoms with E-state index >= 15 is 0 Å². The molecule has 0 aliphatic carbocycles. The van der Waals surface area contributed by atoms with Gasteiger partial charge in [0.25, 0.3) is 5.91 Å². The normalized spacial score (nSPS) is 11.8. The fourth-order valence-corrected chi connectivity index (χ4v) is 3.32. The molecular formula is C17H18N2O5S. The summed E-state index contributed by atoms with van der Waals surface area (Å²) in [6.07, 6.45) is 0. The minimum Gasteiger partial charge on any atom is -0.480 e. The standard InChI is InChI=1S/C17H18N2O5S/c1-17(2,16(21)22)19-25(23,24)14-10-8-13(9-11-14)18-15(20)12-6-4-3-5-7-12/h3-11,19H,1-2H3,(H,18,20)(H,21,22). The van der Waals surface area contributed by atoms with E-state index in [-0.39, 0.29) is 10.8 Å². The molecule has 3 N–H and O–H groups in total. The van der Waals surface area contributed by atoms with Crippen molar-refractivity contribution in [1.82, 2.24) is 4.72 Å². The highest BCUT2D eigenvalue weighted by atomic mass is 32.2. The lowest BCUT2D eigenvalue weighted by Crippen LogP contribution is -2.49. The summed E-state index contributed by atoms with van der Waals surface area (Å²) in [5.74, 6) is -1.61. The highest BCUT2D eigenvalue weighted by Gasteiger charge is 2.32.